The Kier molecular flexibility index (Phi) is 6.08. The number of hydrogen-bond acceptors (Lipinski definition) is 5. The fourth-order valence-corrected chi connectivity index (χ4v) is 2.59. The molecule has 0 spiro atoms. The molecule has 1 heterocycles. The van der Waals surface area contributed by atoms with E-state index in [-0.39, 0.29) is 6.42 Å². The molecule has 0 radical (unpaired) electrons. The minimum atomic E-state index is -0.684. The lowest BCUT2D eigenvalue weighted by atomic mass is 10.1. The van der Waals surface area contributed by atoms with E-state index in [9.17, 15) is 14.4 Å². The van der Waals surface area contributed by atoms with Crippen LogP contribution in [-0.4, -0.2) is 24.5 Å². The molecule has 2 N–H and O–H groups in total. The molecule has 0 aliphatic rings. The van der Waals surface area contributed by atoms with E-state index in [4.69, 9.17) is 4.74 Å². The van der Waals surface area contributed by atoms with Gasteiger partial charge < -0.3 is 10.1 Å². The maximum absolute atomic E-state index is 11.7. The summed E-state index contributed by atoms with van der Waals surface area (Å²) in [6.07, 6.45) is 0.111. The molecule has 2 rings (SSSR count). The third kappa shape index (κ3) is 5.51. The van der Waals surface area contributed by atoms with Gasteiger partial charge in [-0.1, -0.05) is 12.1 Å². The molecule has 24 heavy (non-hydrogen) atoms. The molecule has 0 saturated heterocycles. The quantitative estimate of drug-likeness (QED) is 0.815. The standard InChI is InChI=1S/C17H18N2O4S/c1-11-5-6-13(8-12(11)2)18-17(22)19-15(20)10-23-16(21)9-14-4-3-7-24-14/h3-8H,9-10H2,1-2H3,(H2,18,19,20,22). The zero-order valence-electron chi connectivity index (χ0n) is 13.4. The highest BCUT2D eigenvalue weighted by atomic mass is 32.1. The summed E-state index contributed by atoms with van der Waals surface area (Å²) in [6, 6.07) is 8.39. The summed E-state index contributed by atoms with van der Waals surface area (Å²) in [5.74, 6) is -1.20. The van der Waals surface area contributed by atoms with Gasteiger partial charge >= 0.3 is 12.0 Å². The molecule has 0 aliphatic carbocycles. The van der Waals surface area contributed by atoms with Crippen LogP contribution in [0.2, 0.25) is 0 Å². The first-order valence-electron chi connectivity index (χ1n) is 7.30. The van der Waals surface area contributed by atoms with Gasteiger partial charge in [-0.15, -0.1) is 11.3 Å². The van der Waals surface area contributed by atoms with Gasteiger partial charge in [0.05, 0.1) is 6.42 Å². The predicted molar refractivity (Wildman–Crippen MR) is 92.1 cm³/mol. The normalized spacial score (nSPS) is 10.1. The molecule has 0 atom stereocenters. The average molecular weight is 346 g/mol. The Morgan fingerprint density at radius 1 is 1.12 bits per heavy atom. The van der Waals surface area contributed by atoms with Crippen molar-refractivity contribution in [3.8, 4) is 0 Å². The van der Waals surface area contributed by atoms with Crippen LogP contribution in [0.15, 0.2) is 35.7 Å². The Bertz CT molecular complexity index is 741. The van der Waals surface area contributed by atoms with Crippen molar-refractivity contribution in [3.05, 3.63) is 51.7 Å². The zero-order valence-corrected chi connectivity index (χ0v) is 14.2. The van der Waals surface area contributed by atoms with Crippen LogP contribution in [0.3, 0.4) is 0 Å². The lowest BCUT2D eigenvalue weighted by Crippen LogP contribution is -2.37. The number of hydrogen-bond donors (Lipinski definition) is 2. The SMILES string of the molecule is Cc1ccc(NC(=O)NC(=O)COC(=O)Cc2cccs2)cc1C. The van der Waals surface area contributed by atoms with Crippen LogP contribution >= 0.6 is 11.3 Å². The van der Waals surface area contributed by atoms with Gasteiger partial charge in [-0.3, -0.25) is 14.9 Å². The number of ether oxygens (including phenoxy) is 1. The van der Waals surface area contributed by atoms with E-state index in [0.29, 0.717) is 5.69 Å². The first kappa shape index (κ1) is 17.7. The maximum atomic E-state index is 11.7. The highest BCUT2D eigenvalue weighted by Crippen LogP contribution is 2.13. The monoisotopic (exact) mass is 346 g/mol. The molecule has 0 saturated carbocycles. The molecule has 0 bridgehead atoms. The minimum Gasteiger partial charge on any atom is -0.455 e. The predicted octanol–water partition coefficient (Wildman–Crippen LogP) is 2.80. The van der Waals surface area contributed by atoms with Crippen molar-refractivity contribution >= 4 is 34.9 Å². The fraction of sp³-hybridized carbons (Fsp3) is 0.235. The minimum absolute atomic E-state index is 0.111. The second kappa shape index (κ2) is 8.26. The third-order valence-electron chi connectivity index (χ3n) is 3.28. The summed E-state index contributed by atoms with van der Waals surface area (Å²) in [6.45, 7) is 3.40. The summed E-state index contributed by atoms with van der Waals surface area (Å²) < 4.78 is 4.84. The smallest absolute Gasteiger partial charge is 0.325 e. The number of rotatable bonds is 5. The van der Waals surface area contributed by atoms with Crippen molar-refractivity contribution in [1.82, 2.24) is 5.32 Å². The number of carbonyl (C=O) groups is 3. The summed E-state index contributed by atoms with van der Waals surface area (Å²) in [5.41, 5.74) is 2.72. The summed E-state index contributed by atoms with van der Waals surface area (Å²) in [4.78, 5) is 35.8. The summed E-state index contributed by atoms with van der Waals surface area (Å²) in [5, 5.41) is 6.52. The number of aryl methyl sites for hydroxylation is 2. The molecular formula is C17H18N2O4S. The largest absolute Gasteiger partial charge is 0.455 e. The molecule has 0 aliphatic heterocycles. The van der Waals surface area contributed by atoms with Gasteiger partial charge in [0.25, 0.3) is 5.91 Å². The van der Waals surface area contributed by atoms with E-state index in [1.54, 1.807) is 12.1 Å². The van der Waals surface area contributed by atoms with Gasteiger partial charge in [-0.05, 0) is 48.6 Å². The summed E-state index contributed by atoms with van der Waals surface area (Å²) in [7, 11) is 0. The number of amides is 3. The van der Waals surface area contributed by atoms with Crippen molar-refractivity contribution in [2.75, 3.05) is 11.9 Å². The van der Waals surface area contributed by atoms with E-state index in [2.05, 4.69) is 10.6 Å². The Labute approximate surface area is 143 Å². The number of thiophene rings is 1. The summed E-state index contributed by atoms with van der Waals surface area (Å²) >= 11 is 1.43. The van der Waals surface area contributed by atoms with Crippen LogP contribution < -0.4 is 10.6 Å². The van der Waals surface area contributed by atoms with Crippen LogP contribution in [0, 0.1) is 13.8 Å². The molecule has 1 aromatic carbocycles. The van der Waals surface area contributed by atoms with Crippen molar-refractivity contribution in [2.45, 2.75) is 20.3 Å². The van der Waals surface area contributed by atoms with Gasteiger partial charge in [0.15, 0.2) is 6.61 Å². The number of urea groups is 1. The van der Waals surface area contributed by atoms with Crippen molar-refractivity contribution < 1.29 is 19.1 Å². The molecule has 2 aromatic rings. The Morgan fingerprint density at radius 3 is 2.58 bits per heavy atom. The number of anilines is 1. The molecule has 126 valence electrons. The zero-order chi connectivity index (χ0) is 17.5. The van der Waals surface area contributed by atoms with Crippen LogP contribution in [0.4, 0.5) is 10.5 Å². The van der Waals surface area contributed by atoms with E-state index >= 15 is 0 Å². The lowest BCUT2D eigenvalue weighted by Gasteiger charge is -2.09. The lowest BCUT2D eigenvalue weighted by molar-refractivity contribution is -0.147. The second-order valence-electron chi connectivity index (χ2n) is 5.22. The second-order valence-corrected chi connectivity index (χ2v) is 6.25. The van der Waals surface area contributed by atoms with E-state index in [1.807, 2.05) is 37.4 Å². The molecule has 1 aromatic heterocycles. The first-order chi connectivity index (χ1) is 11.4. The maximum Gasteiger partial charge on any atom is 0.325 e. The van der Waals surface area contributed by atoms with Gasteiger partial charge in [-0.2, -0.15) is 0 Å². The van der Waals surface area contributed by atoms with Gasteiger partial charge in [-0.25, -0.2) is 4.79 Å². The molecule has 0 fully saturated rings. The Morgan fingerprint density at radius 2 is 1.92 bits per heavy atom. The van der Waals surface area contributed by atoms with Crippen LogP contribution in [-0.2, 0) is 20.7 Å². The Hall–Kier alpha value is -2.67. The van der Waals surface area contributed by atoms with Gasteiger partial charge in [0.1, 0.15) is 0 Å². The van der Waals surface area contributed by atoms with E-state index < -0.39 is 24.5 Å². The number of esters is 1. The highest BCUT2D eigenvalue weighted by Gasteiger charge is 2.12. The van der Waals surface area contributed by atoms with Gasteiger partial charge in [0, 0.05) is 10.6 Å². The molecule has 6 nitrogen and oxygen atoms in total. The number of benzene rings is 1. The molecular weight excluding hydrogens is 328 g/mol. The Balaban J connectivity index is 1.74. The molecule has 7 heteroatoms. The van der Waals surface area contributed by atoms with E-state index in [1.165, 1.54) is 11.3 Å². The number of nitrogens with one attached hydrogen (secondary N) is 2. The third-order valence-corrected chi connectivity index (χ3v) is 4.16. The number of carbonyl (C=O) groups excluding carboxylic acids is 3. The van der Waals surface area contributed by atoms with Crippen LogP contribution in [0.5, 0.6) is 0 Å². The average Bonchev–Trinajstić information content (AvgIpc) is 3.02. The molecule has 0 unspecified atom stereocenters. The molecule has 3 amide bonds. The highest BCUT2D eigenvalue weighted by molar-refractivity contribution is 7.10. The van der Waals surface area contributed by atoms with Crippen LogP contribution in [0.1, 0.15) is 16.0 Å². The fourth-order valence-electron chi connectivity index (χ4n) is 1.90. The van der Waals surface area contributed by atoms with Crippen LogP contribution in [0.25, 0.3) is 0 Å². The van der Waals surface area contributed by atoms with Gasteiger partial charge in [0.2, 0.25) is 0 Å². The van der Waals surface area contributed by atoms with Crippen molar-refractivity contribution in [2.24, 2.45) is 0 Å². The van der Waals surface area contributed by atoms with Crippen molar-refractivity contribution in [3.63, 3.8) is 0 Å². The number of imide groups is 1. The van der Waals surface area contributed by atoms with Crippen molar-refractivity contribution in [1.29, 1.82) is 0 Å². The first-order valence-corrected chi connectivity index (χ1v) is 8.18. The van der Waals surface area contributed by atoms with E-state index in [0.717, 1.165) is 16.0 Å². The topological polar surface area (TPSA) is 84.5 Å².